The number of aromatic nitrogens is 6. The fourth-order valence-electron chi connectivity index (χ4n) is 1.50. The third-order valence-corrected chi connectivity index (χ3v) is 2.32. The highest BCUT2D eigenvalue weighted by Gasteiger charge is 2.06. The van der Waals surface area contributed by atoms with Crippen molar-refractivity contribution in [3.63, 3.8) is 0 Å². The van der Waals surface area contributed by atoms with Crippen LogP contribution < -0.4 is 15.4 Å². The highest BCUT2D eigenvalue weighted by molar-refractivity contribution is 5.35. The molecule has 108 valence electrons. The highest BCUT2D eigenvalue weighted by atomic mass is 16.5. The highest BCUT2D eigenvalue weighted by Crippen LogP contribution is 2.10. The average Bonchev–Trinajstić information content (AvgIpc) is 2.92. The molecule has 2 N–H and O–H groups in total. The van der Waals surface area contributed by atoms with E-state index in [2.05, 4.69) is 35.9 Å². The van der Waals surface area contributed by atoms with Crippen LogP contribution in [-0.4, -0.2) is 49.6 Å². The van der Waals surface area contributed by atoms with Crippen molar-refractivity contribution in [1.82, 2.24) is 29.9 Å². The third kappa shape index (κ3) is 4.04. The molecule has 0 aliphatic heterocycles. The molecule has 0 spiro atoms. The minimum Gasteiger partial charge on any atom is -0.464 e. The average molecular weight is 278 g/mol. The first-order chi connectivity index (χ1) is 9.81. The maximum absolute atomic E-state index is 5.32. The van der Waals surface area contributed by atoms with Crippen LogP contribution in [0.4, 0.5) is 11.9 Å². The Kier molecular flexibility index (Phi) is 5.04. The van der Waals surface area contributed by atoms with Gasteiger partial charge in [-0.15, -0.1) is 5.10 Å². The number of rotatable bonds is 8. The smallest absolute Gasteiger partial charge is 0.323 e. The van der Waals surface area contributed by atoms with Gasteiger partial charge in [0.2, 0.25) is 11.9 Å². The summed E-state index contributed by atoms with van der Waals surface area (Å²) in [5.41, 5.74) is 0. The molecule has 0 aliphatic rings. The molecule has 0 saturated heterocycles. The molecule has 0 fully saturated rings. The van der Waals surface area contributed by atoms with Gasteiger partial charge in [0.1, 0.15) is 0 Å². The van der Waals surface area contributed by atoms with Gasteiger partial charge in [0.05, 0.1) is 19.3 Å². The summed E-state index contributed by atoms with van der Waals surface area (Å²) in [5, 5.41) is 13.8. The van der Waals surface area contributed by atoms with E-state index in [0.717, 1.165) is 6.54 Å². The second kappa shape index (κ2) is 7.22. The normalized spacial score (nSPS) is 10.3. The number of nitrogens with zero attached hydrogens (tertiary/aromatic N) is 6. The van der Waals surface area contributed by atoms with Crippen molar-refractivity contribution in [3.05, 3.63) is 12.4 Å². The second-order valence-electron chi connectivity index (χ2n) is 3.82. The largest absolute Gasteiger partial charge is 0.464 e. The lowest BCUT2D eigenvalue weighted by Gasteiger charge is -2.09. The van der Waals surface area contributed by atoms with Gasteiger partial charge in [-0.25, -0.2) is 0 Å². The fourth-order valence-corrected chi connectivity index (χ4v) is 1.50. The summed E-state index contributed by atoms with van der Waals surface area (Å²) in [6.45, 7) is 6.40. The van der Waals surface area contributed by atoms with Crippen molar-refractivity contribution >= 4 is 11.9 Å². The van der Waals surface area contributed by atoms with E-state index in [1.807, 2.05) is 13.8 Å². The maximum Gasteiger partial charge on any atom is 0.323 e. The van der Waals surface area contributed by atoms with E-state index < -0.39 is 0 Å². The Morgan fingerprint density at radius 3 is 2.60 bits per heavy atom. The molecule has 0 radical (unpaired) electrons. The van der Waals surface area contributed by atoms with Gasteiger partial charge in [-0.05, 0) is 13.8 Å². The van der Waals surface area contributed by atoms with E-state index in [4.69, 9.17) is 4.74 Å². The van der Waals surface area contributed by atoms with E-state index in [1.54, 1.807) is 17.1 Å². The van der Waals surface area contributed by atoms with Gasteiger partial charge in [0, 0.05) is 19.3 Å². The zero-order valence-corrected chi connectivity index (χ0v) is 11.6. The van der Waals surface area contributed by atoms with Gasteiger partial charge in [0.25, 0.3) is 0 Å². The van der Waals surface area contributed by atoms with Crippen LogP contribution in [0.1, 0.15) is 13.8 Å². The number of anilines is 2. The minimum atomic E-state index is 0.307. The lowest BCUT2D eigenvalue weighted by Crippen LogP contribution is -2.15. The van der Waals surface area contributed by atoms with Gasteiger partial charge >= 0.3 is 6.01 Å². The number of ether oxygens (including phenoxy) is 1. The number of nitrogens with one attached hydrogen (secondary N) is 2. The van der Waals surface area contributed by atoms with E-state index in [-0.39, 0.29) is 0 Å². The first-order valence-electron chi connectivity index (χ1n) is 6.52. The monoisotopic (exact) mass is 278 g/mol. The Hall–Kier alpha value is -2.45. The van der Waals surface area contributed by atoms with Crippen molar-refractivity contribution in [3.8, 4) is 6.01 Å². The zero-order valence-electron chi connectivity index (χ0n) is 11.6. The molecule has 9 heteroatoms. The lowest BCUT2D eigenvalue weighted by molar-refractivity contribution is 0.312. The van der Waals surface area contributed by atoms with Gasteiger partial charge in [-0.1, -0.05) is 5.21 Å². The van der Waals surface area contributed by atoms with E-state index in [9.17, 15) is 0 Å². The van der Waals surface area contributed by atoms with Gasteiger partial charge < -0.3 is 15.4 Å². The molecule has 0 saturated carbocycles. The van der Waals surface area contributed by atoms with Crippen LogP contribution in [0, 0.1) is 0 Å². The van der Waals surface area contributed by atoms with Crippen molar-refractivity contribution in [1.29, 1.82) is 0 Å². The summed E-state index contributed by atoms with van der Waals surface area (Å²) in [4.78, 5) is 12.6. The minimum absolute atomic E-state index is 0.307. The summed E-state index contributed by atoms with van der Waals surface area (Å²) in [7, 11) is 0. The summed E-state index contributed by atoms with van der Waals surface area (Å²) < 4.78 is 7.04. The number of hydrogen-bond acceptors (Lipinski definition) is 8. The molecule has 0 aromatic carbocycles. The predicted molar refractivity (Wildman–Crippen MR) is 73.7 cm³/mol. The van der Waals surface area contributed by atoms with Crippen molar-refractivity contribution in [2.75, 3.05) is 30.3 Å². The molecule has 0 amide bonds. The van der Waals surface area contributed by atoms with Crippen LogP contribution in [0.25, 0.3) is 0 Å². The third-order valence-electron chi connectivity index (χ3n) is 2.32. The molecule has 0 bridgehead atoms. The first-order valence-corrected chi connectivity index (χ1v) is 6.52. The molecule has 2 aromatic rings. The molecule has 2 rings (SSSR count). The SMILES string of the molecule is CCNc1nc(NCCn2ccnn2)nc(OCC)n1. The fraction of sp³-hybridized carbons (Fsp3) is 0.545. The summed E-state index contributed by atoms with van der Waals surface area (Å²) in [6, 6.07) is 0.307. The molecular weight excluding hydrogens is 260 g/mol. The predicted octanol–water partition coefficient (Wildman–Crippen LogP) is 0.406. The topological polar surface area (TPSA) is 103 Å². The van der Waals surface area contributed by atoms with Gasteiger partial charge in [0.15, 0.2) is 0 Å². The Bertz CT molecular complexity index is 491. The molecule has 0 atom stereocenters. The molecule has 0 unspecified atom stereocenters. The zero-order chi connectivity index (χ0) is 14.2. The van der Waals surface area contributed by atoms with E-state index in [0.29, 0.717) is 37.6 Å². The van der Waals surface area contributed by atoms with E-state index in [1.165, 1.54) is 0 Å². The Morgan fingerprint density at radius 1 is 1.15 bits per heavy atom. The Labute approximate surface area is 116 Å². The molecule has 2 heterocycles. The first kappa shape index (κ1) is 14.0. The van der Waals surface area contributed by atoms with Crippen LogP contribution in [0.15, 0.2) is 12.4 Å². The van der Waals surface area contributed by atoms with Crippen LogP contribution in [0.2, 0.25) is 0 Å². The summed E-state index contributed by atoms with van der Waals surface area (Å²) in [6.07, 6.45) is 3.43. The number of hydrogen-bond donors (Lipinski definition) is 2. The van der Waals surface area contributed by atoms with Crippen molar-refractivity contribution in [2.45, 2.75) is 20.4 Å². The van der Waals surface area contributed by atoms with E-state index >= 15 is 0 Å². The van der Waals surface area contributed by atoms with Crippen LogP contribution in [0.5, 0.6) is 6.01 Å². The summed E-state index contributed by atoms with van der Waals surface area (Å²) >= 11 is 0. The molecule has 0 aliphatic carbocycles. The van der Waals surface area contributed by atoms with Crippen LogP contribution >= 0.6 is 0 Å². The Morgan fingerprint density at radius 2 is 1.95 bits per heavy atom. The summed E-state index contributed by atoms with van der Waals surface area (Å²) in [5.74, 6) is 0.966. The molecule has 9 nitrogen and oxygen atoms in total. The Balaban J connectivity index is 1.97. The molecular formula is C11H18N8O. The van der Waals surface area contributed by atoms with Crippen LogP contribution in [-0.2, 0) is 6.54 Å². The van der Waals surface area contributed by atoms with Crippen molar-refractivity contribution in [2.24, 2.45) is 0 Å². The van der Waals surface area contributed by atoms with Gasteiger partial charge in [-0.2, -0.15) is 15.0 Å². The quantitative estimate of drug-likeness (QED) is 0.715. The standard InChI is InChI=1S/C11H18N8O/c1-3-12-9-15-10(17-11(16-9)20-4-2)13-5-7-19-8-6-14-18-19/h6,8H,3-5,7H2,1-2H3,(H2,12,13,15,16,17). The van der Waals surface area contributed by atoms with Gasteiger partial charge in [-0.3, -0.25) is 4.68 Å². The molecule has 2 aromatic heterocycles. The molecule has 20 heavy (non-hydrogen) atoms. The van der Waals surface area contributed by atoms with Crippen LogP contribution in [0.3, 0.4) is 0 Å². The maximum atomic E-state index is 5.32. The lowest BCUT2D eigenvalue weighted by atomic mass is 10.6. The second-order valence-corrected chi connectivity index (χ2v) is 3.82. The van der Waals surface area contributed by atoms with Crippen molar-refractivity contribution < 1.29 is 4.74 Å².